The molecule has 1 aromatic carbocycles. The smallest absolute Gasteiger partial charge is 0.240 e. The maximum Gasteiger partial charge on any atom is 0.240 e. The van der Waals surface area contributed by atoms with E-state index in [0.717, 1.165) is 29.8 Å². The zero-order valence-electron chi connectivity index (χ0n) is 14.7. The van der Waals surface area contributed by atoms with Gasteiger partial charge in [-0.15, -0.1) is 0 Å². The van der Waals surface area contributed by atoms with Crippen molar-refractivity contribution in [3.8, 4) is 11.3 Å². The lowest BCUT2D eigenvalue weighted by Crippen LogP contribution is -2.51. The molecule has 1 fully saturated rings. The molecule has 0 spiro atoms. The van der Waals surface area contributed by atoms with E-state index in [9.17, 15) is 9.59 Å². The first-order valence-corrected chi connectivity index (χ1v) is 9.66. The lowest BCUT2D eigenvalue weighted by atomic mass is 10.0. The molecule has 3 rings (SSSR count). The number of thioether (sulfide) groups is 1. The Morgan fingerprint density at radius 2 is 2.00 bits per heavy atom. The van der Waals surface area contributed by atoms with Crippen molar-refractivity contribution in [2.75, 3.05) is 12.3 Å². The first kappa shape index (κ1) is 18.4. The fourth-order valence-electron chi connectivity index (χ4n) is 3.10. The van der Waals surface area contributed by atoms with E-state index in [4.69, 9.17) is 5.73 Å². The molecule has 1 aliphatic heterocycles. The van der Waals surface area contributed by atoms with Gasteiger partial charge in [-0.25, -0.2) is 9.97 Å². The van der Waals surface area contributed by atoms with E-state index >= 15 is 0 Å². The van der Waals surface area contributed by atoms with Crippen LogP contribution < -0.4 is 5.73 Å². The molecule has 0 bridgehead atoms. The van der Waals surface area contributed by atoms with E-state index in [1.807, 2.05) is 43.3 Å². The summed E-state index contributed by atoms with van der Waals surface area (Å²) in [6.45, 7) is 2.49. The molecule has 1 atom stereocenters. The summed E-state index contributed by atoms with van der Waals surface area (Å²) in [5.74, 6) is -0.326. The molecule has 7 heteroatoms. The lowest BCUT2D eigenvalue weighted by molar-refractivity contribution is -0.138. The number of aryl methyl sites for hydroxylation is 1. The monoisotopic (exact) mass is 370 g/mol. The van der Waals surface area contributed by atoms with Gasteiger partial charge in [-0.05, 0) is 32.3 Å². The Balaban J connectivity index is 1.70. The highest BCUT2D eigenvalue weighted by atomic mass is 32.2. The molecule has 1 saturated heterocycles. The second-order valence-electron chi connectivity index (χ2n) is 6.33. The Hall–Kier alpha value is -2.41. The number of hydrogen-bond acceptors (Lipinski definition) is 5. The van der Waals surface area contributed by atoms with Crippen molar-refractivity contribution < 1.29 is 9.59 Å². The number of amides is 2. The molecule has 0 radical (unpaired) electrons. The van der Waals surface area contributed by atoms with Gasteiger partial charge in [0, 0.05) is 17.8 Å². The van der Waals surface area contributed by atoms with Gasteiger partial charge < -0.3 is 10.6 Å². The Kier molecular flexibility index (Phi) is 5.88. The summed E-state index contributed by atoms with van der Waals surface area (Å²) in [7, 11) is 0. The van der Waals surface area contributed by atoms with Crippen LogP contribution in [0.5, 0.6) is 0 Å². The van der Waals surface area contributed by atoms with Crippen LogP contribution in [0.1, 0.15) is 25.0 Å². The number of likely N-dealkylation sites (tertiary alicyclic amines) is 1. The van der Waals surface area contributed by atoms with Gasteiger partial charge in [-0.2, -0.15) is 0 Å². The number of aromatic nitrogens is 2. The minimum atomic E-state index is -0.491. The Bertz CT molecular complexity index is 797. The van der Waals surface area contributed by atoms with Gasteiger partial charge in [0.05, 0.1) is 11.4 Å². The van der Waals surface area contributed by atoms with Crippen molar-refractivity contribution in [2.45, 2.75) is 37.4 Å². The second kappa shape index (κ2) is 8.31. The molecule has 0 aliphatic carbocycles. The number of nitrogens with zero attached hydrogens (tertiary/aromatic N) is 3. The number of rotatable bonds is 5. The molecule has 2 aromatic rings. The van der Waals surface area contributed by atoms with Crippen molar-refractivity contribution in [3.63, 3.8) is 0 Å². The fraction of sp³-hybridized carbons (Fsp3) is 0.368. The maximum absolute atomic E-state index is 12.6. The maximum atomic E-state index is 12.6. The van der Waals surface area contributed by atoms with E-state index in [0.29, 0.717) is 18.1 Å². The summed E-state index contributed by atoms with van der Waals surface area (Å²) in [5, 5.41) is 0.560. The fourth-order valence-corrected chi connectivity index (χ4v) is 3.89. The van der Waals surface area contributed by atoms with Gasteiger partial charge in [-0.1, -0.05) is 42.1 Å². The summed E-state index contributed by atoms with van der Waals surface area (Å²) in [5.41, 5.74) is 8.14. The Labute approximate surface area is 157 Å². The molecule has 1 aliphatic rings. The highest BCUT2D eigenvalue weighted by Crippen LogP contribution is 2.23. The molecule has 2 heterocycles. The quantitative estimate of drug-likeness (QED) is 0.645. The predicted octanol–water partition coefficient (Wildman–Crippen LogP) is 2.41. The van der Waals surface area contributed by atoms with Crippen LogP contribution in [0.25, 0.3) is 11.3 Å². The predicted molar refractivity (Wildman–Crippen MR) is 101 cm³/mol. The van der Waals surface area contributed by atoms with Crippen molar-refractivity contribution in [2.24, 2.45) is 5.73 Å². The van der Waals surface area contributed by atoms with E-state index in [1.165, 1.54) is 11.8 Å². The van der Waals surface area contributed by atoms with Gasteiger partial charge in [0.25, 0.3) is 0 Å². The van der Waals surface area contributed by atoms with Crippen molar-refractivity contribution in [1.29, 1.82) is 0 Å². The van der Waals surface area contributed by atoms with Gasteiger partial charge in [0.15, 0.2) is 5.16 Å². The third-order valence-electron chi connectivity index (χ3n) is 4.38. The second-order valence-corrected chi connectivity index (χ2v) is 7.28. The minimum Gasteiger partial charge on any atom is -0.368 e. The summed E-state index contributed by atoms with van der Waals surface area (Å²) in [6.07, 6.45) is 2.47. The number of carbonyl (C=O) groups is 2. The highest BCUT2D eigenvalue weighted by Gasteiger charge is 2.30. The molecular weight excluding hydrogens is 348 g/mol. The summed E-state index contributed by atoms with van der Waals surface area (Å²) < 4.78 is 0. The standard InChI is InChI=1S/C19H22N4O2S/c1-13-11-15(14-7-3-2-4-8-14)22-19(21-13)26-12-17(24)23-10-6-5-9-16(23)18(20)25/h2-4,7-8,11,16H,5-6,9-10,12H2,1H3,(H2,20,25)/t16-/m0/s1. The molecule has 1 aromatic heterocycles. The minimum absolute atomic E-state index is 0.0927. The van der Waals surface area contributed by atoms with E-state index in [2.05, 4.69) is 9.97 Å². The molecule has 2 N–H and O–H groups in total. The first-order chi connectivity index (χ1) is 12.5. The summed E-state index contributed by atoms with van der Waals surface area (Å²) in [6, 6.07) is 11.3. The third kappa shape index (κ3) is 4.40. The summed E-state index contributed by atoms with van der Waals surface area (Å²) in [4.78, 5) is 34.7. The molecule has 136 valence electrons. The Morgan fingerprint density at radius 3 is 2.73 bits per heavy atom. The molecule has 2 amide bonds. The average molecular weight is 370 g/mol. The lowest BCUT2D eigenvalue weighted by Gasteiger charge is -2.33. The van der Waals surface area contributed by atoms with Crippen LogP contribution in [0.2, 0.25) is 0 Å². The number of piperidine rings is 1. The van der Waals surface area contributed by atoms with Crippen LogP contribution in [0.3, 0.4) is 0 Å². The van der Waals surface area contributed by atoms with E-state index < -0.39 is 11.9 Å². The van der Waals surface area contributed by atoms with Crippen LogP contribution in [0.15, 0.2) is 41.6 Å². The zero-order chi connectivity index (χ0) is 18.5. The van der Waals surface area contributed by atoms with E-state index in [1.54, 1.807) is 4.90 Å². The molecule has 0 unspecified atom stereocenters. The zero-order valence-corrected chi connectivity index (χ0v) is 15.5. The van der Waals surface area contributed by atoms with Crippen LogP contribution in [0.4, 0.5) is 0 Å². The molecule has 26 heavy (non-hydrogen) atoms. The van der Waals surface area contributed by atoms with Gasteiger partial charge in [0.2, 0.25) is 11.8 Å². The molecule has 6 nitrogen and oxygen atoms in total. The van der Waals surface area contributed by atoms with Gasteiger partial charge in [0.1, 0.15) is 6.04 Å². The van der Waals surface area contributed by atoms with Gasteiger partial charge in [-0.3, -0.25) is 9.59 Å². The van der Waals surface area contributed by atoms with Crippen LogP contribution in [-0.2, 0) is 9.59 Å². The average Bonchev–Trinajstić information content (AvgIpc) is 2.66. The normalized spacial score (nSPS) is 17.1. The first-order valence-electron chi connectivity index (χ1n) is 8.67. The number of benzene rings is 1. The highest BCUT2D eigenvalue weighted by molar-refractivity contribution is 7.99. The number of primary amides is 1. The summed E-state index contributed by atoms with van der Waals surface area (Å²) >= 11 is 1.29. The third-order valence-corrected chi connectivity index (χ3v) is 5.21. The number of carbonyl (C=O) groups excluding carboxylic acids is 2. The van der Waals surface area contributed by atoms with Crippen molar-refractivity contribution >= 4 is 23.6 Å². The largest absolute Gasteiger partial charge is 0.368 e. The number of hydrogen-bond donors (Lipinski definition) is 1. The van der Waals surface area contributed by atoms with Crippen molar-refractivity contribution in [1.82, 2.24) is 14.9 Å². The van der Waals surface area contributed by atoms with Crippen LogP contribution in [-0.4, -0.2) is 45.0 Å². The number of nitrogens with two attached hydrogens (primary N) is 1. The van der Waals surface area contributed by atoms with Gasteiger partial charge >= 0.3 is 0 Å². The van der Waals surface area contributed by atoms with Crippen LogP contribution >= 0.6 is 11.8 Å². The van der Waals surface area contributed by atoms with Crippen LogP contribution in [0, 0.1) is 6.92 Å². The SMILES string of the molecule is Cc1cc(-c2ccccc2)nc(SCC(=O)N2CCCC[C@H]2C(N)=O)n1. The van der Waals surface area contributed by atoms with Crippen molar-refractivity contribution in [3.05, 3.63) is 42.1 Å². The van der Waals surface area contributed by atoms with E-state index in [-0.39, 0.29) is 11.7 Å². The topological polar surface area (TPSA) is 89.2 Å². The Morgan fingerprint density at radius 1 is 1.23 bits per heavy atom. The molecular formula is C19H22N4O2S. The molecule has 0 saturated carbocycles.